The number of aromatic nitrogens is 4. The zero-order valence-corrected chi connectivity index (χ0v) is 13.2. The van der Waals surface area contributed by atoms with Crippen molar-refractivity contribution >= 4 is 35.3 Å². The molecule has 2 bridgehead atoms. The summed E-state index contributed by atoms with van der Waals surface area (Å²) in [4.78, 5) is 0. The molecule has 0 radical (unpaired) electrons. The highest BCUT2D eigenvalue weighted by atomic mass is 32.1. The number of nitrogens with zero attached hydrogens (tertiary/aromatic N) is 5. The van der Waals surface area contributed by atoms with Crippen molar-refractivity contribution in [3.05, 3.63) is 17.4 Å². The van der Waals surface area contributed by atoms with Gasteiger partial charge in [0, 0.05) is 6.42 Å². The van der Waals surface area contributed by atoms with Gasteiger partial charge < -0.3 is 15.2 Å². The molecule has 11 heteroatoms. The van der Waals surface area contributed by atoms with Crippen LogP contribution in [0, 0.1) is 4.77 Å². The average Bonchev–Trinajstić information content (AvgIpc) is 3.06. The largest absolute Gasteiger partial charge is 0.375 e. The molecule has 0 spiro atoms. The topological polar surface area (TPSA) is 105 Å². The Labute approximate surface area is 136 Å². The van der Waals surface area contributed by atoms with Gasteiger partial charge in [-0.05, 0) is 34.9 Å². The summed E-state index contributed by atoms with van der Waals surface area (Å²) < 4.78 is 15.1. The lowest BCUT2D eigenvalue weighted by Gasteiger charge is -2.27. The van der Waals surface area contributed by atoms with Gasteiger partial charge in [0.05, 0.1) is 24.9 Å². The Morgan fingerprint density at radius 3 is 3.14 bits per heavy atom. The van der Waals surface area contributed by atoms with Crippen molar-refractivity contribution in [2.75, 3.05) is 6.61 Å². The highest BCUT2D eigenvalue weighted by Gasteiger charge is 2.44. The lowest BCUT2D eigenvalue weighted by molar-refractivity contribution is -0.0324. The Kier molecular flexibility index (Phi) is 4.29. The minimum atomic E-state index is -0.486. The van der Waals surface area contributed by atoms with Crippen molar-refractivity contribution in [3.8, 4) is 0 Å². The Morgan fingerprint density at radius 2 is 2.41 bits per heavy atom. The summed E-state index contributed by atoms with van der Waals surface area (Å²) in [5.41, 5.74) is 8.60. The number of fused-ring (bicyclic) bond motifs is 2. The molecule has 2 fully saturated rings. The summed E-state index contributed by atoms with van der Waals surface area (Å²) in [6.45, 7) is 4.61. The van der Waals surface area contributed by atoms with E-state index in [0.717, 1.165) is 0 Å². The zero-order chi connectivity index (χ0) is 15.7. The molecule has 118 valence electrons. The predicted molar refractivity (Wildman–Crippen MR) is 84.7 cm³/mol. The quantitative estimate of drug-likeness (QED) is 0.443. The fourth-order valence-electron chi connectivity index (χ4n) is 2.44. The number of nitrogens with one attached hydrogen (secondary N) is 1. The van der Waals surface area contributed by atoms with Crippen LogP contribution in [0.2, 0.25) is 0 Å². The van der Waals surface area contributed by atoms with Crippen LogP contribution >= 0.6 is 24.4 Å². The molecule has 3 N–H and O–H groups in total. The molecule has 0 amide bonds. The van der Waals surface area contributed by atoms with Gasteiger partial charge in [-0.3, -0.25) is 5.43 Å². The van der Waals surface area contributed by atoms with Crippen LogP contribution in [0.3, 0.4) is 0 Å². The first-order valence-corrected chi connectivity index (χ1v) is 7.44. The second-order valence-electron chi connectivity index (χ2n) is 4.87. The van der Waals surface area contributed by atoms with Crippen molar-refractivity contribution in [2.24, 2.45) is 10.8 Å². The molecule has 2 aliphatic heterocycles. The third-order valence-electron chi connectivity index (χ3n) is 3.42. The Hall–Kier alpha value is -1.69. The first-order valence-electron chi connectivity index (χ1n) is 6.62. The Bertz CT molecular complexity index is 682. The molecule has 0 aliphatic carbocycles. The maximum absolute atomic E-state index is 5.79. The van der Waals surface area contributed by atoms with Gasteiger partial charge in [0.1, 0.15) is 6.10 Å². The van der Waals surface area contributed by atoms with Gasteiger partial charge in [-0.2, -0.15) is 5.10 Å². The van der Waals surface area contributed by atoms with E-state index in [-0.39, 0.29) is 17.3 Å². The number of tetrazole rings is 1. The van der Waals surface area contributed by atoms with Crippen LogP contribution < -0.4 is 11.2 Å². The first kappa shape index (κ1) is 15.2. The number of hydrazone groups is 1. The summed E-state index contributed by atoms with van der Waals surface area (Å²) in [5, 5.41) is 12.4. The predicted octanol–water partition coefficient (Wildman–Crippen LogP) is -0.129. The van der Waals surface area contributed by atoms with Crippen LogP contribution in [0.4, 0.5) is 0 Å². The SMILES string of the molecule is C=CCn1nnn([C@@H]2C/C(=N\NC(N)=S)[C@@H]3OC[C@@H]2O3)c1=S. The van der Waals surface area contributed by atoms with E-state index in [4.69, 9.17) is 39.6 Å². The molecule has 3 atom stereocenters. The van der Waals surface area contributed by atoms with Gasteiger partial charge in [0.15, 0.2) is 11.4 Å². The molecule has 3 rings (SSSR count). The molecule has 1 aromatic rings. The highest BCUT2D eigenvalue weighted by molar-refractivity contribution is 7.80. The standard InChI is InChI=1S/C11H15N7O2S2/c1-2-3-17-11(22)18(16-15-17)7-4-6(13-14-10(12)21)9-19-5-8(7)20-9/h2,7-9H,1,3-5H2,(H3,12,14,21)/b13-6+/t7-,8+,9-/m1/s1. The molecule has 22 heavy (non-hydrogen) atoms. The van der Waals surface area contributed by atoms with E-state index in [1.807, 2.05) is 0 Å². The number of nitrogens with two attached hydrogens (primary N) is 1. The van der Waals surface area contributed by atoms with Crippen molar-refractivity contribution in [1.29, 1.82) is 0 Å². The second kappa shape index (κ2) is 6.20. The van der Waals surface area contributed by atoms with Gasteiger partial charge in [-0.15, -0.1) is 6.58 Å². The van der Waals surface area contributed by atoms with Crippen LogP contribution in [0.15, 0.2) is 17.8 Å². The van der Waals surface area contributed by atoms with E-state index < -0.39 is 6.29 Å². The third-order valence-corrected chi connectivity index (χ3v) is 3.91. The molecule has 9 nitrogen and oxygen atoms in total. The van der Waals surface area contributed by atoms with E-state index in [9.17, 15) is 0 Å². The normalized spacial score (nSPS) is 28.7. The number of thiocarbonyl (C=S) groups is 1. The summed E-state index contributed by atoms with van der Waals surface area (Å²) in [6, 6.07) is -0.142. The van der Waals surface area contributed by atoms with Crippen LogP contribution in [0.25, 0.3) is 0 Å². The van der Waals surface area contributed by atoms with Crippen molar-refractivity contribution in [2.45, 2.75) is 31.4 Å². The molecule has 0 unspecified atom stereocenters. The van der Waals surface area contributed by atoms with Crippen molar-refractivity contribution < 1.29 is 9.47 Å². The first-order chi connectivity index (χ1) is 10.6. The summed E-state index contributed by atoms with van der Waals surface area (Å²) in [6.07, 6.45) is 1.64. The minimum Gasteiger partial charge on any atom is -0.375 e. The molecular formula is C11H15N7O2S2. The molecule has 2 aliphatic rings. The van der Waals surface area contributed by atoms with Crippen molar-refractivity contribution in [3.63, 3.8) is 0 Å². The molecule has 2 saturated heterocycles. The summed E-state index contributed by atoms with van der Waals surface area (Å²) in [5.74, 6) is 0. The Balaban J connectivity index is 1.87. The number of hydrogen-bond donors (Lipinski definition) is 2. The van der Waals surface area contributed by atoms with E-state index in [0.29, 0.717) is 30.1 Å². The van der Waals surface area contributed by atoms with Crippen LogP contribution in [-0.2, 0) is 16.0 Å². The lowest BCUT2D eigenvalue weighted by Crippen LogP contribution is -2.39. The molecule has 0 saturated carbocycles. The molecule has 0 aromatic carbocycles. The van der Waals surface area contributed by atoms with Gasteiger partial charge in [0.2, 0.25) is 4.77 Å². The average molecular weight is 341 g/mol. The van der Waals surface area contributed by atoms with E-state index >= 15 is 0 Å². The maximum atomic E-state index is 5.79. The van der Waals surface area contributed by atoms with E-state index in [2.05, 4.69) is 27.5 Å². The number of rotatable bonds is 4. The minimum absolute atomic E-state index is 0.0812. The fourth-order valence-corrected chi connectivity index (χ4v) is 2.77. The fraction of sp³-hybridized carbons (Fsp3) is 0.545. The van der Waals surface area contributed by atoms with Gasteiger partial charge in [-0.25, -0.2) is 9.36 Å². The molecular weight excluding hydrogens is 326 g/mol. The summed E-state index contributed by atoms with van der Waals surface area (Å²) in [7, 11) is 0. The highest BCUT2D eigenvalue weighted by Crippen LogP contribution is 2.33. The van der Waals surface area contributed by atoms with Crippen LogP contribution in [-0.4, -0.2) is 49.6 Å². The van der Waals surface area contributed by atoms with Crippen LogP contribution in [0.5, 0.6) is 0 Å². The van der Waals surface area contributed by atoms with E-state index in [1.165, 1.54) is 0 Å². The maximum Gasteiger partial charge on any atom is 0.216 e. The Morgan fingerprint density at radius 1 is 1.59 bits per heavy atom. The number of hydrogen-bond acceptors (Lipinski definition) is 7. The van der Waals surface area contributed by atoms with Gasteiger partial charge >= 0.3 is 0 Å². The second-order valence-corrected chi connectivity index (χ2v) is 5.67. The number of allylic oxidation sites excluding steroid dienone is 1. The lowest BCUT2D eigenvalue weighted by atomic mass is 10.0. The van der Waals surface area contributed by atoms with Gasteiger partial charge in [-0.1, -0.05) is 6.08 Å². The summed E-state index contributed by atoms with van der Waals surface area (Å²) >= 11 is 10.1. The van der Waals surface area contributed by atoms with Crippen molar-refractivity contribution in [1.82, 2.24) is 25.2 Å². The third kappa shape index (κ3) is 2.79. The zero-order valence-electron chi connectivity index (χ0n) is 11.6. The smallest absolute Gasteiger partial charge is 0.216 e. The van der Waals surface area contributed by atoms with Gasteiger partial charge in [0.25, 0.3) is 0 Å². The molecule has 3 heterocycles. The van der Waals surface area contributed by atoms with E-state index in [1.54, 1.807) is 15.4 Å². The number of ether oxygens (including phenoxy) is 2. The monoisotopic (exact) mass is 341 g/mol. The van der Waals surface area contributed by atoms with Crippen LogP contribution in [0.1, 0.15) is 12.5 Å². The molecule has 1 aromatic heterocycles.